The van der Waals surface area contributed by atoms with E-state index in [-0.39, 0.29) is 12.1 Å². The van der Waals surface area contributed by atoms with Crippen molar-refractivity contribution >= 4 is 0 Å². The largest absolute Gasteiger partial charge is 0.394 e. The monoisotopic (exact) mass is 354 g/mol. The molecule has 5 nitrogen and oxygen atoms in total. The zero-order valence-corrected chi connectivity index (χ0v) is 16.0. The summed E-state index contributed by atoms with van der Waals surface area (Å²) in [5, 5.41) is 18.9. The van der Waals surface area contributed by atoms with Gasteiger partial charge in [0.2, 0.25) is 0 Å². The van der Waals surface area contributed by atoms with E-state index in [1.54, 1.807) is 0 Å². The number of nitrogens with zero attached hydrogens (tertiary/aromatic N) is 3. The zero-order valence-electron chi connectivity index (χ0n) is 16.0. The Kier molecular flexibility index (Phi) is 4.63. The number of rotatable bonds is 5. The summed E-state index contributed by atoms with van der Waals surface area (Å²) in [4.78, 5) is 2.42. The third kappa shape index (κ3) is 2.88. The third-order valence-electron chi connectivity index (χ3n) is 6.43. The molecule has 3 heterocycles. The summed E-state index contributed by atoms with van der Waals surface area (Å²) in [6, 6.07) is 13.0. The van der Waals surface area contributed by atoms with Crippen LogP contribution in [-0.4, -0.2) is 52.6 Å². The number of likely N-dealkylation sites (tertiary alicyclic amines) is 1. The van der Waals surface area contributed by atoms with Crippen molar-refractivity contribution in [2.75, 3.05) is 26.7 Å². The van der Waals surface area contributed by atoms with Crippen molar-refractivity contribution in [1.82, 2.24) is 20.0 Å². The molecule has 4 atom stereocenters. The first-order chi connectivity index (χ1) is 12.5. The number of fused-ring (bicyclic) bond motifs is 1. The molecule has 0 bridgehead atoms. The number of hydrogen-bond donors (Lipinski definition) is 2. The molecule has 0 amide bonds. The Morgan fingerprint density at radius 2 is 2.00 bits per heavy atom. The molecule has 2 aliphatic heterocycles. The lowest BCUT2D eigenvalue weighted by Crippen LogP contribution is -2.49. The van der Waals surface area contributed by atoms with E-state index in [1.807, 2.05) is 13.0 Å². The van der Waals surface area contributed by atoms with E-state index in [4.69, 9.17) is 0 Å². The quantitative estimate of drug-likeness (QED) is 0.861. The Morgan fingerprint density at radius 3 is 2.65 bits per heavy atom. The average molecular weight is 354 g/mol. The molecule has 4 rings (SSSR count). The van der Waals surface area contributed by atoms with Crippen LogP contribution in [-0.2, 0) is 12.1 Å². The van der Waals surface area contributed by atoms with E-state index in [0.717, 1.165) is 31.7 Å². The molecule has 2 saturated heterocycles. The molecule has 2 fully saturated rings. The highest BCUT2D eigenvalue weighted by atomic mass is 16.3. The summed E-state index contributed by atoms with van der Waals surface area (Å²) < 4.78 is 2.12. The van der Waals surface area contributed by atoms with Crippen molar-refractivity contribution in [2.45, 2.75) is 38.4 Å². The fraction of sp³-hybridized carbons (Fsp3) is 0.571. The first kappa shape index (κ1) is 17.7. The van der Waals surface area contributed by atoms with Crippen LogP contribution in [0.5, 0.6) is 0 Å². The number of hydrogen-bond acceptors (Lipinski definition) is 4. The first-order valence-electron chi connectivity index (χ1n) is 9.67. The number of nitrogens with one attached hydrogen (secondary N) is 1. The van der Waals surface area contributed by atoms with Crippen LogP contribution in [0.1, 0.15) is 23.4 Å². The molecule has 26 heavy (non-hydrogen) atoms. The summed E-state index contributed by atoms with van der Waals surface area (Å²) in [6.07, 6.45) is 1.03. The number of aliphatic hydroxyl groups is 1. The van der Waals surface area contributed by atoms with Crippen molar-refractivity contribution in [3.63, 3.8) is 0 Å². The van der Waals surface area contributed by atoms with Gasteiger partial charge in [0, 0.05) is 37.3 Å². The van der Waals surface area contributed by atoms with Crippen LogP contribution in [0.4, 0.5) is 0 Å². The van der Waals surface area contributed by atoms with E-state index in [2.05, 4.69) is 64.3 Å². The van der Waals surface area contributed by atoms with E-state index < -0.39 is 0 Å². The SMILES string of the molecule is Cc1cc(C)n(CC[C@H]2N[C@](CO)(c3ccccc3)[C@H]3CN(C)C[C@@H]23)n1. The summed E-state index contributed by atoms with van der Waals surface area (Å²) in [5.41, 5.74) is 3.17. The number of aryl methyl sites for hydroxylation is 3. The maximum atomic E-state index is 10.5. The Hall–Kier alpha value is -1.69. The first-order valence-corrected chi connectivity index (χ1v) is 9.67. The molecule has 0 unspecified atom stereocenters. The Bertz CT molecular complexity index is 759. The smallest absolute Gasteiger partial charge is 0.0715 e. The number of aliphatic hydroxyl groups excluding tert-OH is 1. The van der Waals surface area contributed by atoms with Gasteiger partial charge in [0.15, 0.2) is 0 Å². The van der Waals surface area contributed by atoms with Crippen molar-refractivity contribution < 1.29 is 5.11 Å². The van der Waals surface area contributed by atoms with Gasteiger partial charge in [0.1, 0.15) is 0 Å². The molecule has 5 heteroatoms. The fourth-order valence-electron chi connectivity index (χ4n) is 5.24. The summed E-state index contributed by atoms with van der Waals surface area (Å²) in [5.74, 6) is 0.995. The van der Waals surface area contributed by atoms with Crippen LogP contribution in [0.25, 0.3) is 0 Å². The van der Waals surface area contributed by atoms with Gasteiger partial charge in [-0.3, -0.25) is 4.68 Å². The molecule has 0 saturated carbocycles. The number of benzene rings is 1. The minimum atomic E-state index is -0.337. The summed E-state index contributed by atoms with van der Waals surface area (Å²) in [7, 11) is 2.20. The Morgan fingerprint density at radius 1 is 1.23 bits per heavy atom. The molecule has 0 aliphatic carbocycles. The van der Waals surface area contributed by atoms with Gasteiger partial charge in [-0.25, -0.2) is 0 Å². The second-order valence-electron chi connectivity index (χ2n) is 8.18. The van der Waals surface area contributed by atoms with E-state index in [0.29, 0.717) is 17.9 Å². The molecule has 140 valence electrons. The third-order valence-corrected chi connectivity index (χ3v) is 6.43. The second kappa shape index (κ2) is 6.80. The van der Waals surface area contributed by atoms with Crippen LogP contribution < -0.4 is 5.32 Å². The minimum absolute atomic E-state index is 0.141. The zero-order chi connectivity index (χ0) is 18.3. The van der Waals surface area contributed by atoms with E-state index in [9.17, 15) is 5.11 Å². The summed E-state index contributed by atoms with van der Waals surface area (Å²) in [6.45, 7) is 7.35. The molecule has 0 radical (unpaired) electrons. The maximum absolute atomic E-state index is 10.5. The van der Waals surface area contributed by atoms with Crippen molar-refractivity contribution in [2.24, 2.45) is 11.8 Å². The Balaban J connectivity index is 1.59. The molecule has 2 N–H and O–H groups in total. The predicted molar refractivity (Wildman–Crippen MR) is 103 cm³/mol. The topological polar surface area (TPSA) is 53.3 Å². The summed E-state index contributed by atoms with van der Waals surface area (Å²) >= 11 is 0. The molecule has 1 aromatic carbocycles. The molecular formula is C21H30N4O. The van der Waals surface area contributed by atoms with Crippen LogP contribution in [0.15, 0.2) is 36.4 Å². The number of aromatic nitrogens is 2. The van der Waals surface area contributed by atoms with Crippen molar-refractivity contribution in [1.29, 1.82) is 0 Å². The lowest BCUT2D eigenvalue weighted by molar-refractivity contribution is 0.129. The standard InChI is InChI=1S/C21H30N4O/c1-15-11-16(2)25(23-15)10-9-20-18-12-24(3)13-19(18)21(14-26,22-20)17-7-5-4-6-8-17/h4-8,11,18-20,22,26H,9-10,12-14H2,1-3H3/t18-,19+,20-,21-/m1/s1. The van der Waals surface area contributed by atoms with Crippen LogP contribution in [0, 0.1) is 25.7 Å². The predicted octanol–water partition coefficient (Wildman–Crippen LogP) is 1.93. The van der Waals surface area contributed by atoms with Gasteiger partial charge in [-0.15, -0.1) is 0 Å². The highest BCUT2D eigenvalue weighted by Gasteiger charge is 2.56. The molecular weight excluding hydrogens is 324 g/mol. The lowest BCUT2D eigenvalue weighted by Gasteiger charge is -2.35. The maximum Gasteiger partial charge on any atom is 0.0715 e. The van der Waals surface area contributed by atoms with E-state index in [1.165, 1.54) is 11.3 Å². The highest BCUT2D eigenvalue weighted by molar-refractivity contribution is 5.30. The van der Waals surface area contributed by atoms with Crippen LogP contribution in [0.2, 0.25) is 0 Å². The van der Waals surface area contributed by atoms with Gasteiger partial charge in [-0.1, -0.05) is 30.3 Å². The van der Waals surface area contributed by atoms with Gasteiger partial charge in [-0.2, -0.15) is 5.10 Å². The highest BCUT2D eigenvalue weighted by Crippen LogP contribution is 2.46. The minimum Gasteiger partial charge on any atom is -0.394 e. The van der Waals surface area contributed by atoms with E-state index >= 15 is 0 Å². The van der Waals surface area contributed by atoms with Crippen molar-refractivity contribution in [3.8, 4) is 0 Å². The molecule has 2 aromatic rings. The lowest BCUT2D eigenvalue weighted by atomic mass is 9.77. The second-order valence-corrected chi connectivity index (χ2v) is 8.18. The Labute approximate surface area is 156 Å². The van der Waals surface area contributed by atoms with Crippen LogP contribution >= 0.6 is 0 Å². The van der Waals surface area contributed by atoms with Gasteiger partial charge >= 0.3 is 0 Å². The average Bonchev–Trinajstić information content (AvgIpc) is 3.26. The van der Waals surface area contributed by atoms with Gasteiger partial charge in [0.25, 0.3) is 0 Å². The van der Waals surface area contributed by atoms with Crippen molar-refractivity contribution in [3.05, 3.63) is 53.3 Å². The fourth-order valence-corrected chi connectivity index (χ4v) is 5.24. The van der Waals surface area contributed by atoms with Gasteiger partial charge in [0.05, 0.1) is 17.8 Å². The van der Waals surface area contributed by atoms with Crippen LogP contribution in [0.3, 0.4) is 0 Å². The molecule has 0 spiro atoms. The van der Waals surface area contributed by atoms with Gasteiger partial charge < -0.3 is 15.3 Å². The van der Waals surface area contributed by atoms with Gasteiger partial charge in [-0.05, 0) is 44.9 Å². The molecule has 2 aliphatic rings. The molecule has 1 aromatic heterocycles. The normalized spacial score (nSPS) is 31.5.